The molecule has 0 bridgehead atoms. The van der Waals surface area contributed by atoms with Crippen LogP contribution in [0.1, 0.15) is 58.3 Å². The summed E-state index contributed by atoms with van der Waals surface area (Å²) in [5, 5.41) is 0. The van der Waals surface area contributed by atoms with Crippen LogP contribution in [0, 0.1) is 17.8 Å². The lowest BCUT2D eigenvalue weighted by molar-refractivity contribution is 0.157. The Balaban J connectivity index is 1.65. The molecule has 0 saturated heterocycles. The molecule has 2 fully saturated rings. The van der Waals surface area contributed by atoms with E-state index >= 15 is 0 Å². The Morgan fingerprint density at radius 2 is 1.58 bits per heavy atom. The molecule has 0 nitrogen and oxygen atoms in total. The van der Waals surface area contributed by atoms with Crippen LogP contribution in [0.2, 0.25) is 0 Å². The summed E-state index contributed by atoms with van der Waals surface area (Å²) in [4.78, 5) is 0. The van der Waals surface area contributed by atoms with Crippen molar-refractivity contribution in [3.05, 3.63) is 0 Å². The van der Waals surface area contributed by atoms with Gasteiger partial charge < -0.3 is 0 Å². The quantitative estimate of drug-likeness (QED) is 0.581. The Hall–Kier alpha value is 0. The zero-order valence-electron chi connectivity index (χ0n) is 8.39. The third-order valence-electron chi connectivity index (χ3n) is 3.86. The lowest BCUT2D eigenvalue weighted by atomic mass is 9.70. The van der Waals surface area contributed by atoms with E-state index in [1.54, 1.807) is 19.3 Å². The van der Waals surface area contributed by atoms with E-state index in [4.69, 9.17) is 0 Å². The van der Waals surface area contributed by atoms with Gasteiger partial charge in [-0.1, -0.05) is 39.0 Å². The van der Waals surface area contributed by atoms with Crippen LogP contribution in [0.3, 0.4) is 0 Å². The fourth-order valence-corrected chi connectivity index (χ4v) is 3.16. The molecular weight excluding hydrogens is 144 g/mol. The first-order valence-corrected chi connectivity index (χ1v) is 5.84. The Morgan fingerprint density at radius 3 is 2.17 bits per heavy atom. The van der Waals surface area contributed by atoms with Crippen LogP contribution < -0.4 is 0 Å². The second kappa shape index (κ2) is 3.81. The predicted octanol–water partition coefficient (Wildman–Crippen LogP) is 4.00. The summed E-state index contributed by atoms with van der Waals surface area (Å²) in [6.07, 6.45) is 12.3. The van der Waals surface area contributed by atoms with Gasteiger partial charge in [0.1, 0.15) is 0 Å². The van der Waals surface area contributed by atoms with Gasteiger partial charge in [-0.15, -0.1) is 0 Å². The summed E-state index contributed by atoms with van der Waals surface area (Å²) in [7, 11) is 0. The lowest BCUT2D eigenvalue weighted by Gasteiger charge is -2.36. The van der Waals surface area contributed by atoms with Gasteiger partial charge >= 0.3 is 0 Å². The van der Waals surface area contributed by atoms with Crippen LogP contribution in [0.25, 0.3) is 0 Å². The molecule has 70 valence electrons. The van der Waals surface area contributed by atoms with Crippen molar-refractivity contribution in [3.8, 4) is 0 Å². The van der Waals surface area contributed by atoms with Gasteiger partial charge in [-0.3, -0.25) is 0 Å². The van der Waals surface area contributed by atoms with Crippen molar-refractivity contribution in [2.45, 2.75) is 58.3 Å². The maximum absolute atomic E-state index is 2.40. The third kappa shape index (κ3) is 2.02. The van der Waals surface area contributed by atoms with E-state index in [0.717, 1.165) is 17.8 Å². The Morgan fingerprint density at radius 1 is 0.917 bits per heavy atom. The summed E-state index contributed by atoms with van der Waals surface area (Å²) in [6.45, 7) is 2.40. The third-order valence-corrected chi connectivity index (χ3v) is 3.86. The Bertz CT molecular complexity index is 127. The van der Waals surface area contributed by atoms with Crippen LogP contribution in [-0.2, 0) is 0 Å². The van der Waals surface area contributed by atoms with Crippen molar-refractivity contribution in [3.63, 3.8) is 0 Å². The number of hydrogen-bond acceptors (Lipinski definition) is 0. The summed E-state index contributed by atoms with van der Waals surface area (Å²) in [5.74, 6) is 3.30. The van der Waals surface area contributed by atoms with Crippen molar-refractivity contribution < 1.29 is 0 Å². The van der Waals surface area contributed by atoms with E-state index in [1.807, 2.05) is 0 Å². The van der Waals surface area contributed by atoms with Gasteiger partial charge in [0.25, 0.3) is 0 Å². The first-order valence-electron chi connectivity index (χ1n) is 5.84. The number of rotatable bonds is 2. The highest BCUT2D eigenvalue weighted by Crippen LogP contribution is 2.40. The van der Waals surface area contributed by atoms with Crippen molar-refractivity contribution >= 4 is 0 Å². The molecule has 0 amide bonds. The summed E-state index contributed by atoms with van der Waals surface area (Å²) in [5.41, 5.74) is 0. The van der Waals surface area contributed by atoms with Crippen molar-refractivity contribution in [2.75, 3.05) is 0 Å². The molecule has 0 atom stereocenters. The molecule has 0 heterocycles. The average Bonchev–Trinajstić information content (AvgIpc) is 2.04. The highest BCUT2D eigenvalue weighted by Gasteiger charge is 2.28. The molecule has 0 spiro atoms. The second-order valence-corrected chi connectivity index (χ2v) is 5.18. The maximum atomic E-state index is 2.40. The zero-order valence-corrected chi connectivity index (χ0v) is 8.39. The van der Waals surface area contributed by atoms with E-state index in [1.165, 1.54) is 32.1 Å². The molecule has 0 aromatic carbocycles. The topological polar surface area (TPSA) is 0 Å². The molecule has 0 N–H and O–H groups in total. The largest absolute Gasteiger partial charge is 0.0625 e. The van der Waals surface area contributed by atoms with Crippen molar-refractivity contribution in [1.29, 1.82) is 0 Å². The van der Waals surface area contributed by atoms with Crippen LogP contribution in [0.15, 0.2) is 0 Å². The second-order valence-electron chi connectivity index (χ2n) is 5.18. The standard InChI is InChI=1S/C12H22/c1-10-7-12(8-10)9-11-5-3-2-4-6-11/h10-12H,2-9H2,1H3. The first kappa shape index (κ1) is 8.59. The fourth-order valence-electron chi connectivity index (χ4n) is 3.16. The lowest BCUT2D eigenvalue weighted by Crippen LogP contribution is -2.24. The highest BCUT2D eigenvalue weighted by atomic mass is 14.3. The molecule has 0 aromatic heterocycles. The van der Waals surface area contributed by atoms with Gasteiger partial charge in [0.05, 0.1) is 0 Å². The molecule has 2 saturated carbocycles. The summed E-state index contributed by atoms with van der Waals surface area (Å²) < 4.78 is 0. The van der Waals surface area contributed by atoms with E-state index in [-0.39, 0.29) is 0 Å². The van der Waals surface area contributed by atoms with Crippen LogP contribution in [0.4, 0.5) is 0 Å². The molecule has 2 aliphatic carbocycles. The molecule has 0 heteroatoms. The minimum absolute atomic E-state index is 1.05. The van der Waals surface area contributed by atoms with Gasteiger partial charge in [-0.2, -0.15) is 0 Å². The smallest absolute Gasteiger partial charge is 0.0407 e. The minimum Gasteiger partial charge on any atom is -0.0625 e. The minimum atomic E-state index is 1.05. The average molecular weight is 166 g/mol. The summed E-state index contributed by atoms with van der Waals surface area (Å²) >= 11 is 0. The van der Waals surface area contributed by atoms with Crippen LogP contribution in [0.5, 0.6) is 0 Å². The molecule has 0 aliphatic heterocycles. The van der Waals surface area contributed by atoms with E-state index in [9.17, 15) is 0 Å². The van der Waals surface area contributed by atoms with E-state index in [2.05, 4.69) is 6.92 Å². The molecule has 12 heavy (non-hydrogen) atoms. The first-order chi connectivity index (χ1) is 5.84. The SMILES string of the molecule is CC1CC(CC2CCCCC2)C1. The molecule has 2 rings (SSSR count). The Labute approximate surface area is 76.7 Å². The maximum Gasteiger partial charge on any atom is -0.0407 e. The Kier molecular flexibility index (Phi) is 2.73. The number of hydrogen-bond donors (Lipinski definition) is 0. The zero-order chi connectivity index (χ0) is 8.39. The van der Waals surface area contributed by atoms with Gasteiger partial charge in [0, 0.05) is 0 Å². The molecule has 0 unspecified atom stereocenters. The van der Waals surface area contributed by atoms with E-state index < -0.39 is 0 Å². The van der Waals surface area contributed by atoms with Crippen LogP contribution in [-0.4, -0.2) is 0 Å². The summed E-state index contributed by atoms with van der Waals surface area (Å²) in [6, 6.07) is 0. The van der Waals surface area contributed by atoms with Crippen molar-refractivity contribution in [1.82, 2.24) is 0 Å². The van der Waals surface area contributed by atoms with Gasteiger partial charge in [0.2, 0.25) is 0 Å². The van der Waals surface area contributed by atoms with Gasteiger partial charge in [0.15, 0.2) is 0 Å². The normalized spacial score (nSPS) is 37.8. The highest BCUT2D eigenvalue weighted by molar-refractivity contribution is 4.79. The van der Waals surface area contributed by atoms with E-state index in [0.29, 0.717) is 0 Å². The van der Waals surface area contributed by atoms with Gasteiger partial charge in [-0.05, 0) is 37.0 Å². The van der Waals surface area contributed by atoms with Crippen LogP contribution >= 0.6 is 0 Å². The molecule has 0 aromatic rings. The molecule has 2 aliphatic rings. The molecular formula is C12H22. The van der Waals surface area contributed by atoms with Crippen molar-refractivity contribution in [2.24, 2.45) is 17.8 Å². The van der Waals surface area contributed by atoms with Gasteiger partial charge in [-0.25, -0.2) is 0 Å². The fraction of sp³-hybridized carbons (Fsp3) is 1.00. The predicted molar refractivity (Wildman–Crippen MR) is 53.1 cm³/mol. The molecule has 0 radical (unpaired) electrons. The monoisotopic (exact) mass is 166 g/mol.